The molecule has 21 heavy (non-hydrogen) atoms. The normalized spacial score (nSPS) is 39.6. The van der Waals surface area contributed by atoms with Gasteiger partial charge >= 0.3 is 0 Å². The molecule has 2 aliphatic heterocycles. The molecule has 0 aromatic carbocycles. The van der Waals surface area contributed by atoms with E-state index in [1.54, 1.807) is 0 Å². The summed E-state index contributed by atoms with van der Waals surface area (Å²) in [7, 11) is 0. The fraction of sp³-hybridized carbons (Fsp3) is 0.765. The molecule has 0 amide bonds. The van der Waals surface area contributed by atoms with Crippen molar-refractivity contribution in [1.29, 1.82) is 0 Å². The van der Waals surface area contributed by atoms with Gasteiger partial charge in [-0.3, -0.25) is 0 Å². The Morgan fingerprint density at radius 3 is 2.81 bits per heavy atom. The first-order valence-electron chi connectivity index (χ1n) is 8.10. The Kier molecular flexibility index (Phi) is 4.50. The van der Waals surface area contributed by atoms with Crippen molar-refractivity contribution in [3.05, 3.63) is 24.3 Å². The molecule has 118 valence electrons. The van der Waals surface area contributed by atoms with Gasteiger partial charge in [-0.25, -0.2) is 0 Å². The van der Waals surface area contributed by atoms with Crippen molar-refractivity contribution in [2.45, 2.75) is 75.7 Å². The van der Waals surface area contributed by atoms with E-state index in [4.69, 9.17) is 14.2 Å². The second-order valence-electron chi connectivity index (χ2n) is 6.35. The minimum absolute atomic E-state index is 0.118. The highest BCUT2D eigenvalue weighted by Gasteiger charge is 2.50. The Morgan fingerprint density at radius 2 is 2.10 bits per heavy atom. The van der Waals surface area contributed by atoms with Gasteiger partial charge in [-0.2, -0.15) is 0 Å². The molecule has 4 atom stereocenters. The van der Waals surface area contributed by atoms with Crippen molar-refractivity contribution >= 4 is 0 Å². The molecule has 1 spiro atoms. The van der Waals surface area contributed by atoms with Gasteiger partial charge in [-0.05, 0) is 31.8 Å². The van der Waals surface area contributed by atoms with Crippen LogP contribution in [0.3, 0.4) is 0 Å². The maximum absolute atomic E-state index is 10.4. The van der Waals surface area contributed by atoms with Crippen LogP contribution >= 0.6 is 0 Å². The van der Waals surface area contributed by atoms with Gasteiger partial charge in [0.15, 0.2) is 5.79 Å². The van der Waals surface area contributed by atoms with Crippen LogP contribution in [0.4, 0.5) is 0 Å². The average Bonchev–Trinajstić information content (AvgIpc) is 3.02. The van der Waals surface area contributed by atoms with Crippen LogP contribution in [0.15, 0.2) is 24.3 Å². The van der Waals surface area contributed by atoms with Crippen LogP contribution in [0.2, 0.25) is 0 Å². The highest BCUT2D eigenvalue weighted by atomic mass is 16.8. The van der Waals surface area contributed by atoms with Gasteiger partial charge in [0.25, 0.3) is 0 Å². The zero-order chi connectivity index (χ0) is 14.9. The van der Waals surface area contributed by atoms with Gasteiger partial charge in [-0.15, -0.1) is 0 Å². The Hall–Kier alpha value is -0.680. The van der Waals surface area contributed by atoms with Crippen molar-refractivity contribution in [2.75, 3.05) is 6.61 Å². The summed E-state index contributed by atoms with van der Waals surface area (Å²) in [5.41, 5.74) is 0.756. The molecule has 4 heteroatoms. The molecule has 1 unspecified atom stereocenters. The molecule has 1 N–H and O–H groups in total. The number of ether oxygens (including phenoxy) is 3. The Balaban J connectivity index is 1.63. The van der Waals surface area contributed by atoms with E-state index in [2.05, 4.69) is 6.58 Å². The molecule has 4 nitrogen and oxygen atoms in total. The van der Waals surface area contributed by atoms with E-state index in [0.29, 0.717) is 6.61 Å². The number of hydrogen-bond acceptors (Lipinski definition) is 4. The highest BCUT2D eigenvalue weighted by Crippen LogP contribution is 2.41. The first kappa shape index (κ1) is 15.2. The highest BCUT2D eigenvalue weighted by molar-refractivity contribution is 5.19. The summed E-state index contributed by atoms with van der Waals surface area (Å²) in [4.78, 5) is 0. The zero-order valence-electron chi connectivity index (χ0n) is 12.8. The maximum Gasteiger partial charge on any atom is 0.169 e. The molecule has 3 rings (SSSR count). The summed E-state index contributed by atoms with van der Waals surface area (Å²) in [5.74, 6) is -0.422. The lowest BCUT2D eigenvalue weighted by Gasteiger charge is -2.32. The fourth-order valence-electron chi connectivity index (χ4n) is 3.60. The first-order chi connectivity index (χ1) is 10.2. The molecular weight excluding hydrogens is 268 g/mol. The quantitative estimate of drug-likeness (QED) is 0.813. The molecule has 0 bridgehead atoms. The largest absolute Gasteiger partial charge is 0.386 e. The Morgan fingerprint density at radius 1 is 1.33 bits per heavy atom. The van der Waals surface area contributed by atoms with Crippen LogP contribution in [0, 0.1) is 0 Å². The minimum Gasteiger partial charge on any atom is -0.386 e. The number of aliphatic hydroxyl groups is 1. The van der Waals surface area contributed by atoms with Crippen LogP contribution in [-0.4, -0.2) is 41.9 Å². The first-order valence-corrected chi connectivity index (χ1v) is 8.10. The van der Waals surface area contributed by atoms with Crippen LogP contribution in [-0.2, 0) is 14.2 Å². The number of aliphatic hydroxyl groups excluding tert-OH is 1. The van der Waals surface area contributed by atoms with E-state index in [-0.39, 0.29) is 18.3 Å². The van der Waals surface area contributed by atoms with Gasteiger partial charge in [0.05, 0.1) is 12.7 Å². The fourth-order valence-corrected chi connectivity index (χ4v) is 3.60. The van der Waals surface area contributed by atoms with Gasteiger partial charge in [0.2, 0.25) is 0 Å². The van der Waals surface area contributed by atoms with Crippen molar-refractivity contribution in [3.63, 3.8) is 0 Å². The molecule has 1 saturated carbocycles. The lowest BCUT2D eigenvalue weighted by atomic mass is 9.94. The number of rotatable bonds is 3. The monoisotopic (exact) mass is 294 g/mol. The second kappa shape index (κ2) is 6.21. The van der Waals surface area contributed by atoms with Crippen LogP contribution in [0.1, 0.15) is 45.4 Å². The summed E-state index contributed by atoms with van der Waals surface area (Å²) < 4.78 is 18.1. The third kappa shape index (κ3) is 2.95. The molecule has 0 aromatic rings. The zero-order valence-corrected chi connectivity index (χ0v) is 12.8. The molecule has 0 radical (unpaired) electrons. The van der Waals surface area contributed by atoms with E-state index in [9.17, 15) is 5.11 Å². The molecule has 2 saturated heterocycles. The SMILES string of the molecule is C=C1[C@H](C/C=C/C)O[C@@H](C2COC3(CCCCC3)O2)[C@H]1O. The van der Waals surface area contributed by atoms with Crippen LogP contribution in [0.25, 0.3) is 0 Å². The standard InChI is InChI=1S/C17H26O4/c1-3-4-8-13-12(2)15(18)16(20-13)14-11-19-17(21-14)9-6-5-7-10-17/h3-4,13-16,18H,2,5-11H2,1H3/b4-3+/t13-,14?,15-,16-/m0/s1. The van der Waals surface area contributed by atoms with Crippen LogP contribution in [0.5, 0.6) is 0 Å². The maximum atomic E-state index is 10.4. The van der Waals surface area contributed by atoms with Crippen molar-refractivity contribution in [3.8, 4) is 0 Å². The Labute approximate surface area is 126 Å². The molecular formula is C17H26O4. The van der Waals surface area contributed by atoms with Crippen molar-refractivity contribution in [1.82, 2.24) is 0 Å². The topological polar surface area (TPSA) is 47.9 Å². The third-order valence-electron chi connectivity index (χ3n) is 4.87. The molecule has 3 aliphatic rings. The minimum atomic E-state index is -0.660. The average molecular weight is 294 g/mol. The summed E-state index contributed by atoms with van der Waals surface area (Å²) >= 11 is 0. The molecule has 0 aromatic heterocycles. The number of hydrogen-bond donors (Lipinski definition) is 1. The molecule has 2 heterocycles. The van der Waals surface area contributed by atoms with E-state index in [1.807, 2.05) is 19.1 Å². The van der Waals surface area contributed by atoms with Crippen LogP contribution < -0.4 is 0 Å². The lowest BCUT2D eigenvalue weighted by molar-refractivity contribution is -0.201. The van der Waals surface area contributed by atoms with Crippen molar-refractivity contribution in [2.24, 2.45) is 0 Å². The second-order valence-corrected chi connectivity index (χ2v) is 6.35. The van der Waals surface area contributed by atoms with E-state index in [0.717, 1.165) is 37.7 Å². The van der Waals surface area contributed by atoms with Crippen molar-refractivity contribution < 1.29 is 19.3 Å². The van der Waals surface area contributed by atoms with E-state index < -0.39 is 11.9 Å². The predicted octanol–water partition coefficient (Wildman–Crippen LogP) is 2.71. The molecule has 1 aliphatic carbocycles. The van der Waals surface area contributed by atoms with Gasteiger partial charge in [0.1, 0.15) is 18.3 Å². The van der Waals surface area contributed by atoms with Gasteiger partial charge in [-0.1, -0.05) is 25.2 Å². The Bertz CT molecular complexity index is 411. The van der Waals surface area contributed by atoms with Gasteiger partial charge in [0, 0.05) is 12.8 Å². The third-order valence-corrected chi connectivity index (χ3v) is 4.87. The van der Waals surface area contributed by atoms with Gasteiger partial charge < -0.3 is 19.3 Å². The smallest absolute Gasteiger partial charge is 0.169 e. The summed E-state index contributed by atoms with van der Waals surface area (Å²) in [5, 5.41) is 10.4. The van der Waals surface area contributed by atoms with E-state index in [1.165, 1.54) is 6.42 Å². The number of allylic oxidation sites excluding steroid dienone is 1. The summed E-state index contributed by atoms with van der Waals surface area (Å²) in [6.45, 7) is 6.47. The molecule has 3 fully saturated rings. The lowest BCUT2D eigenvalue weighted by Crippen LogP contribution is -2.39. The summed E-state index contributed by atoms with van der Waals surface area (Å²) in [6.07, 6.45) is 8.92. The van der Waals surface area contributed by atoms with E-state index >= 15 is 0 Å². The predicted molar refractivity (Wildman–Crippen MR) is 79.9 cm³/mol. The summed E-state index contributed by atoms with van der Waals surface area (Å²) in [6, 6.07) is 0.